The van der Waals surface area contributed by atoms with Crippen molar-refractivity contribution in [2.75, 3.05) is 7.05 Å². The molecule has 0 atom stereocenters. The zero-order chi connectivity index (χ0) is 22.4. The summed E-state index contributed by atoms with van der Waals surface area (Å²) in [6, 6.07) is 22.0. The SMILES string of the molecule is CC=N/C(=C\C)c1ccc(-c2ccc3c4c(cccc24)C(=O)N(C)C3=O)c2ccccc12. The molecule has 5 rings (SSSR count). The second-order valence-electron chi connectivity index (χ2n) is 7.83. The van der Waals surface area contributed by atoms with Gasteiger partial charge in [-0.2, -0.15) is 0 Å². The molecular formula is C28H22N2O2. The van der Waals surface area contributed by atoms with Crippen molar-refractivity contribution in [2.45, 2.75) is 13.8 Å². The number of allylic oxidation sites excluding steroid dienone is 1. The van der Waals surface area contributed by atoms with Crippen LogP contribution in [0.15, 0.2) is 77.8 Å². The predicted octanol–water partition coefficient (Wildman–Crippen LogP) is 6.34. The van der Waals surface area contributed by atoms with Gasteiger partial charge in [0.25, 0.3) is 11.8 Å². The molecule has 0 aromatic heterocycles. The van der Waals surface area contributed by atoms with E-state index in [-0.39, 0.29) is 11.8 Å². The Kier molecular flexibility index (Phi) is 4.71. The van der Waals surface area contributed by atoms with E-state index in [9.17, 15) is 9.59 Å². The number of benzene rings is 4. The van der Waals surface area contributed by atoms with Crippen LogP contribution < -0.4 is 0 Å². The topological polar surface area (TPSA) is 49.7 Å². The number of hydrogen-bond acceptors (Lipinski definition) is 3. The lowest BCUT2D eigenvalue weighted by Gasteiger charge is -2.25. The Bertz CT molecular complexity index is 1470. The van der Waals surface area contributed by atoms with E-state index in [4.69, 9.17) is 0 Å². The zero-order valence-corrected chi connectivity index (χ0v) is 18.2. The van der Waals surface area contributed by atoms with Gasteiger partial charge in [-0.05, 0) is 53.3 Å². The van der Waals surface area contributed by atoms with Gasteiger partial charge in [-0.15, -0.1) is 0 Å². The monoisotopic (exact) mass is 418 g/mol. The average molecular weight is 418 g/mol. The lowest BCUT2D eigenvalue weighted by molar-refractivity contribution is 0.0650. The summed E-state index contributed by atoms with van der Waals surface area (Å²) >= 11 is 0. The number of rotatable bonds is 3. The van der Waals surface area contributed by atoms with Crippen LogP contribution in [-0.4, -0.2) is 30.0 Å². The van der Waals surface area contributed by atoms with E-state index in [1.807, 2.05) is 56.3 Å². The standard InChI is InChI=1S/C28H22N2O2/c1-4-25(29-5-2)21-15-13-19(17-9-6-7-10-18(17)21)20-14-16-24-26-22(20)11-8-12-23(26)27(31)30(3)28(24)32/h4-16H,1-3H3/b25-4-,29-5?. The molecule has 0 fully saturated rings. The van der Waals surface area contributed by atoms with Crippen molar-refractivity contribution in [1.29, 1.82) is 0 Å². The molecule has 0 aliphatic carbocycles. The fraction of sp³-hybridized carbons (Fsp3) is 0.107. The van der Waals surface area contributed by atoms with E-state index in [1.54, 1.807) is 12.3 Å². The fourth-order valence-electron chi connectivity index (χ4n) is 4.65. The highest BCUT2D eigenvalue weighted by atomic mass is 16.2. The Labute approximate surface area is 186 Å². The molecule has 4 heteroatoms. The summed E-state index contributed by atoms with van der Waals surface area (Å²) in [5, 5.41) is 3.85. The molecule has 156 valence electrons. The highest BCUT2D eigenvalue weighted by Gasteiger charge is 2.30. The summed E-state index contributed by atoms with van der Waals surface area (Å²) in [6.45, 7) is 3.90. The molecule has 4 nitrogen and oxygen atoms in total. The first kappa shape index (κ1) is 19.9. The third-order valence-electron chi connectivity index (χ3n) is 6.14. The molecule has 0 radical (unpaired) electrons. The molecular weight excluding hydrogens is 396 g/mol. The smallest absolute Gasteiger partial charge is 0.261 e. The van der Waals surface area contributed by atoms with Crippen molar-refractivity contribution in [3.05, 3.63) is 89.5 Å². The van der Waals surface area contributed by atoms with Crippen molar-refractivity contribution in [3.8, 4) is 11.1 Å². The first-order chi connectivity index (χ1) is 15.6. The minimum atomic E-state index is -0.263. The van der Waals surface area contributed by atoms with E-state index in [2.05, 4.69) is 29.3 Å². The van der Waals surface area contributed by atoms with E-state index in [1.165, 1.54) is 11.9 Å². The second kappa shape index (κ2) is 7.57. The molecule has 32 heavy (non-hydrogen) atoms. The van der Waals surface area contributed by atoms with Gasteiger partial charge in [-0.25, -0.2) is 0 Å². The first-order valence-corrected chi connectivity index (χ1v) is 10.6. The summed E-state index contributed by atoms with van der Waals surface area (Å²) in [6.07, 6.45) is 3.81. The Morgan fingerprint density at radius 2 is 1.31 bits per heavy atom. The molecule has 0 bridgehead atoms. The molecule has 0 saturated carbocycles. The van der Waals surface area contributed by atoms with Crippen molar-refractivity contribution < 1.29 is 9.59 Å². The Hall–Kier alpha value is -4.05. The van der Waals surface area contributed by atoms with Crippen molar-refractivity contribution in [2.24, 2.45) is 4.99 Å². The molecule has 1 heterocycles. The van der Waals surface area contributed by atoms with Crippen LogP contribution in [0.25, 0.3) is 38.4 Å². The maximum atomic E-state index is 12.8. The summed E-state index contributed by atoms with van der Waals surface area (Å²) in [7, 11) is 1.53. The minimum Gasteiger partial charge on any atom is -0.277 e. The Balaban J connectivity index is 1.83. The Morgan fingerprint density at radius 3 is 2.03 bits per heavy atom. The van der Waals surface area contributed by atoms with Crippen LogP contribution in [0.3, 0.4) is 0 Å². The van der Waals surface area contributed by atoms with Crippen molar-refractivity contribution >= 4 is 45.3 Å². The van der Waals surface area contributed by atoms with Gasteiger partial charge in [-0.1, -0.05) is 60.7 Å². The quantitative estimate of drug-likeness (QED) is 0.288. The van der Waals surface area contributed by atoms with Crippen LogP contribution in [0, 0.1) is 0 Å². The fourth-order valence-corrected chi connectivity index (χ4v) is 4.65. The average Bonchev–Trinajstić information content (AvgIpc) is 2.84. The van der Waals surface area contributed by atoms with Gasteiger partial charge >= 0.3 is 0 Å². The maximum Gasteiger partial charge on any atom is 0.261 e. The van der Waals surface area contributed by atoms with Crippen LogP contribution in [-0.2, 0) is 0 Å². The zero-order valence-electron chi connectivity index (χ0n) is 18.2. The van der Waals surface area contributed by atoms with Gasteiger partial charge in [0, 0.05) is 35.3 Å². The number of carbonyl (C=O) groups is 2. The predicted molar refractivity (Wildman–Crippen MR) is 131 cm³/mol. The van der Waals surface area contributed by atoms with Crippen LogP contribution in [0.2, 0.25) is 0 Å². The minimum absolute atomic E-state index is 0.263. The van der Waals surface area contributed by atoms with Gasteiger partial charge < -0.3 is 0 Å². The summed E-state index contributed by atoms with van der Waals surface area (Å²) < 4.78 is 0. The van der Waals surface area contributed by atoms with Crippen LogP contribution in [0.5, 0.6) is 0 Å². The van der Waals surface area contributed by atoms with Gasteiger partial charge in [-0.3, -0.25) is 19.5 Å². The number of fused-ring (bicyclic) bond motifs is 1. The third kappa shape index (κ3) is 2.80. The number of nitrogens with zero attached hydrogens (tertiary/aromatic N) is 2. The van der Waals surface area contributed by atoms with E-state index in [0.717, 1.165) is 43.9 Å². The maximum absolute atomic E-state index is 12.8. The molecule has 0 unspecified atom stereocenters. The number of amides is 2. The molecule has 1 aliphatic rings. The Morgan fingerprint density at radius 1 is 0.719 bits per heavy atom. The molecule has 1 aliphatic heterocycles. The molecule has 0 spiro atoms. The summed E-state index contributed by atoms with van der Waals surface area (Å²) in [5.74, 6) is -0.527. The number of hydrogen-bond donors (Lipinski definition) is 0. The molecule has 0 saturated heterocycles. The highest BCUT2D eigenvalue weighted by Crippen LogP contribution is 2.40. The number of aliphatic imine (C=N–C) groups is 1. The number of carbonyl (C=O) groups excluding carboxylic acids is 2. The van der Waals surface area contributed by atoms with Crippen LogP contribution in [0.4, 0.5) is 0 Å². The molecule has 0 N–H and O–H groups in total. The van der Waals surface area contributed by atoms with Crippen molar-refractivity contribution in [1.82, 2.24) is 4.90 Å². The van der Waals surface area contributed by atoms with Crippen molar-refractivity contribution in [3.63, 3.8) is 0 Å². The van der Waals surface area contributed by atoms with Gasteiger partial charge in [0.05, 0.1) is 5.70 Å². The van der Waals surface area contributed by atoms with Gasteiger partial charge in [0.2, 0.25) is 0 Å². The van der Waals surface area contributed by atoms with E-state index in [0.29, 0.717) is 11.1 Å². The lowest BCUT2D eigenvalue weighted by Crippen LogP contribution is -2.36. The first-order valence-electron chi connectivity index (χ1n) is 10.6. The van der Waals surface area contributed by atoms with E-state index >= 15 is 0 Å². The van der Waals surface area contributed by atoms with Gasteiger partial charge in [0.1, 0.15) is 0 Å². The van der Waals surface area contributed by atoms with Crippen LogP contribution >= 0.6 is 0 Å². The number of imide groups is 1. The molecule has 4 aromatic rings. The van der Waals surface area contributed by atoms with Gasteiger partial charge in [0.15, 0.2) is 0 Å². The second-order valence-corrected chi connectivity index (χ2v) is 7.83. The largest absolute Gasteiger partial charge is 0.277 e. The normalized spacial score (nSPS) is 14.2. The van der Waals surface area contributed by atoms with E-state index < -0.39 is 0 Å². The highest BCUT2D eigenvalue weighted by molar-refractivity contribution is 6.27. The summed E-state index contributed by atoms with van der Waals surface area (Å²) in [5.41, 5.74) is 5.18. The molecule has 2 amide bonds. The lowest BCUT2D eigenvalue weighted by atomic mass is 9.87. The third-order valence-corrected chi connectivity index (χ3v) is 6.14. The summed E-state index contributed by atoms with van der Waals surface area (Å²) in [4.78, 5) is 31.3. The van der Waals surface area contributed by atoms with Crippen LogP contribution in [0.1, 0.15) is 40.1 Å². The molecule has 4 aromatic carbocycles.